The van der Waals surface area contributed by atoms with Crippen molar-refractivity contribution >= 4 is 0 Å². The van der Waals surface area contributed by atoms with Crippen LogP contribution in [0, 0.1) is 0 Å². The number of ether oxygens (including phenoxy) is 1. The highest BCUT2D eigenvalue weighted by Gasteiger charge is 2.39. The minimum absolute atomic E-state index is 0.257. The molecule has 0 amide bonds. The second-order valence-electron chi connectivity index (χ2n) is 7.30. The number of nitrogens with zero attached hydrogens (tertiary/aromatic N) is 1. The van der Waals surface area contributed by atoms with Crippen LogP contribution in [-0.2, 0) is 4.74 Å². The van der Waals surface area contributed by atoms with Crippen molar-refractivity contribution in [1.29, 1.82) is 0 Å². The Morgan fingerprint density at radius 3 is 2.60 bits per heavy atom. The molecule has 0 aromatic heterocycles. The van der Waals surface area contributed by atoms with Crippen molar-refractivity contribution in [3.63, 3.8) is 0 Å². The van der Waals surface area contributed by atoms with Crippen molar-refractivity contribution in [2.24, 2.45) is 0 Å². The average Bonchev–Trinajstić information content (AvgIpc) is 3.11. The van der Waals surface area contributed by atoms with Gasteiger partial charge in [-0.3, -0.25) is 0 Å². The summed E-state index contributed by atoms with van der Waals surface area (Å²) in [5.74, 6) is 0. The molecule has 3 rings (SSSR count). The Bertz CT molecular complexity index is 295. The van der Waals surface area contributed by atoms with E-state index in [1.807, 2.05) is 0 Å². The van der Waals surface area contributed by atoms with Gasteiger partial charge in [0.1, 0.15) is 0 Å². The number of likely N-dealkylation sites (N-methyl/N-ethyl adjacent to an activating group) is 1. The van der Waals surface area contributed by atoms with Crippen molar-refractivity contribution in [2.45, 2.75) is 81.9 Å². The first kappa shape index (κ1) is 14.8. The third kappa shape index (κ3) is 3.55. The normalized spacial score (nSPS) is 30.6. The highest BCUT2D eigenvalue weighted by atomic mass is 16.5. The molecule has 1 unspecified atom stereocenters. The maximum atomic E-state index is 6.11. The first-order valence-corrected chi connectivity index (χ1v) is 8.85. The number of rotatable bonds is 5. The van der Waals surface area contributed by atoms with Crippen molar-refractivity contribution in [1.82, 2.24) is 10.2 Å². The standard InChI is InChI=1S/C17H32N2O/c1-19(16-6-2-3-7-16)12-11-18-15-8-13-20-17(14-15)9-4-5-10-17/h15-16,18H,2-14H2,1H3. The van der Waals surface area contributed by atoms with Crippen LogP contribution >= 0.6 is 0 Å². The van der Waals surface area contributed by atoms with E-state index in [1.54, 1.807) is 0 Å². The van der Waals surface area contributed by atoms with E-state index < -0.39 is 0 Å². The van der Waals surface area contributed by atoms with Gasteiger partial charge in [-0.15, -0.1) is 0 Å². The van der Waals surface area contributed by atoms with E-state index in [0.717, 1.165) is 19.2 Å². The molecule has 0 aromatic carbocycles. The SMILES string of the molecule is CN(CCNC1CCOC2(CCCC2)C1)C1CCCC1. The molecule has 116 valence electrons. The average molecular weight is 280 g/mol. The van der Waals surface area contributed by atoms with E-state index >= 15 is 0 Å². The summed E-state index contributed by atoms with van der Waals surface area (Å²) in [6.45, 7) is 3.32. The molecular weight excluding hydrogens is 248 g/mol. The lowest BCUT2D eigenvalue weighted by atomic mass is 9.89. The summed E-state index contributed by atoms with van der Waals surface area (Å²) < 4.78 is 6.11. The summed E-state index contributed by atoms with van der Waals surface area (Å²) in [6.07, 6.45) is 13.5. The van der Waals surface area contributed by atoms with Crippen LogP contribution in [0.1, 0.15) is 64.2 Å². The van der Waals surface area contributed by atoms with Crippen molar-refractivity contribution in [3.05, 3.63) is 0 Å². The van der Waals surface area contributed by atoms with Gasteiger partial charge in [0.25, 0.3) is 0 Å². The molecule has 3 nitrogen and oxygen atoms in total. The number of nitrogens with one attached hydrogen (secondary N) is 1. The molecule has 3 aliphatic rings. The van der Waals surface area contributed by atoms with Gasteiger partial charge in [-0.05, 0) is 45.6 Å². The Balaban J connectivity index is 1.37. The van der Waals surface area contributed by atoms with Gasteiger partial charge in [-0.2, -0.15) is 0 Å². The third-order valence-corrected chi connectivity index (χ3v) is 5.85. The lowest BCUT2D eigenvalue weighted by Crippen LogP contribution is -2.47. The van der Waals surface area contributed by atoms with Gasteiger partial charge >= 0.3 is 0 Å². The molecule has 0 radical (unpaired) electrons. The fourth-order valence-electron chi connectivity index (χ4n) is 4.54. The highest BCUT2D eigenvalue weighted by Crippen LogP contribution is 2.39. The van der Waals surface area contributed by atoms with Gasteiger partial charge in [-0.25, -0.2) is 0 Å². The zero-order valence-electron chi connectivity index (χ0n) is 13.2. The third-order valence-electron chi connectivity index (χ3n) is 5.85. The van der Waals surface area contributed by atoms with Gasteiger partial charge in [-0.1, -0.05) is 25.7 Å². The molecule has 0 aromatic rings. The van der Waals surface area contributed by atoms with E-state index in [-0.39, 0.29) is 5.60 Å². The van der Waals surface area contributed by atoms with Crippen molar-refractivity contribution in [3.8, 4) is 0 Å². The minimum atomic E-state index is 0.257. The van der Waals surface area contributed by atoms with E-state index in [2.05, 4.69) is 17.3 Å². The Kier molecular flexibility index (Phi) is 5.00. The lowest BCUT2D eigenvalue weighted by molar-refractivity contribution is -0.0836. The predicted molar refractivity (Wildman–Crippen MR) is 83.1 cm³/mol. The zero-order chi connectivity index (χ0) is 13.8. The molecule has 1 atom stereocenters. The molecule has 1 aliphatic heterocycles. The number of hydrogen-bond acceptors (Lipinski definition) is 3. The summed E-state index contributed by atoms with van der Waals surface area (Å²) in [4.78, 5) is 2.57. The van der Waals surface area contributed by atoms with Crippen molar-refractivity contribution < 1.29 is 4.74 Å². The first-order valence-electron chi connectivity index (χ1n) is 8.85. The summed E-state index contributed by atoms with van der Waals surface area (Å²) in [5, 5.41) is 3.81. The Hall–Kier alpha value is -0.120. The van der Waals surface area contributed by atoms with E-state index in [9.17, 15) is 0 Å². The Labute approximate surface area is 124 Å². The van der Waals surface area contributed by atoms with Crippen molar-refractivity contribution in [2.75, 3.05) is 26.7 Å². The summed E-state index contributed by atoms with van der Waals surface area (Å²) >= 11 is 0. The highest BCUT2D eigenvalue weighted by molar-refractivity contribution is 4.93. The fraction of sp³-hybridized carbons (Fsp3) is 1.00. The quantitative estimate of drug-likeness (QED) is 0.838. The van der Waals surface area contributed by atoms with E-state index in [0.29, 0.717) is 6.04 Å². The molecule has 1 saturated heterocycles. The molecule has 2 aliphatic carbocycles. The molecule has 3 fully saturated rings. The first-order chi connectivity index (χ1) is 9.77. The summed E-state index contributed by atoms with van der Waals surface area (Å²) in [5.41, 5.74) is 0.257. The second kappa shape index (κ2) is 6.76. The molecule has 3 heteroatoms. The largest absolute Gasteiger partial charge is 0.375 e. The maximum Gasteiger partial charge on any atom is 0.0697 e. The van der Waals surface area contributed by atoms with Gasteiger partial charge in [0.05, 0.1) is 5.60 Å². The topological polar surface area (TPSA) is 24.5 Å². The summed E-state index contributed by atoms with van der Waals surface area (Å²) in [6, 6.07) is 1.55. The number of hydrogen-bond donors (Lipinski definition) is 1. The van der Waals surface area contributed by atoms with Crippen LogP contribution in [0.5, 0.6) is 0 Å². The van der Waals surface area contributed by atoms with Crippen LogP contribution in [0.3, 0.4) is 0 Å². The molecule has 1 spiro atoms. The maximum absolute atomic E-state index is 6.11. The van der Waals surface area contributed by atoms with Crippen LogP contribution < -0.4 is 5.32 Å². The van der Waals surface area contributed by atoms with Crippen LogP contribution in [0.15, 0.2) is 0 Å². The van der Waals surface area contributed by atoms with Crippen LogP contribution in [-0.4, -0.2) is 49.3 Å². The zero-order valence-corrected chi connectivity index (χ0v) is 13.2. The Morgan fingerprint density at radius 1 is 1.10 bits per heavy atom. The van der Waals surface area contributed by atoms with Gasteiger partial charge in [0, 0.05) is 31.8 Å². The molecular formula is C17H32N2O. The Morgan fingerprint density at radius 2 is 1.85 bits per heavy atom. The van der Waals surface area contributed by atoms with E-state index in [4.69, 9.17) is 4.74 Å². The van der Waals surface area contributed by atoms with Crippen LogP contribution in [0.25, 0.3) is 0 Å². The second-order valence-corrected chi connectivity index (χ2v) is 7.30. The van der Waals surface area contributed by atoms with Gasteiger partial charge < -0.3 is 15.0 Å². The van der Waals surface area contributed by atoms with Crippen LogP contribution in [0.4, 0.5) is 0 Å². The monoisotopic (exact) mass is 280 g/mol. The van der Waals surface area contributed by atoms with Crippen LogP contribution in [0.2, 0.25) is 0 Å². The minimum Gasteiger partial charge on any atom is -0.375 e. The van der Waals surface area contributed by atoms with Gasteiger partial charge in [0.2, 0.25) is 0 Å². The smallest absolute Gasteiger partial charge is 0.0697 e. The lowest BCUT2D eigenvalue weighted by Gasteiger charge is -2.39. The van der Waals surface area contributed by atoms with Gasteiger partial charge in [0.15, 0.2) is 0 Å². The fourth-order valence-corrected chi connectivity index (χ4v) is 4.54. The van der Waals surface area contributed by atoms with E-state index in [1.165, 1.54) is 70.8 Å². The summed E-state index contributed by atoms with van der Waals surface area (Å²) in [7, 11) is 2.31. The predicted octanol–water partition coefficient (Wildman–Crippen LogP) is 2.94. The molecule has 0 bridgehead atoms. The molecule has 2 saturated carbocycles. The molecule has 20 heavy (non-hydrogen) atoms. The molecule has 1 heterocycles. The molecule has 1 N–H and O–H groups in total.